The van der Waals surface area contributed by atoms with Crippen molar-refractivity contribution in [3.05, 3.63) is 23.5 Å². The van der Waals surface area contributed by atoms with Crippen LogP contribution in [-0.4, -0.2) is 28.1 Å². The first-order chi connectivity index (χ1) is 8.75. The average Bonchev–Trinajstić information content (AvgIpc) is 2.70. The minimum atomic E-state index is -4.82. The number of carboxylic acid groups (broad SMARTS) is 1. The fourth-order valence-electron chi connectivity index (χ4n) is 1.36. The summed E-state index contributed by atoms with van der Waals surface area (Å²) in [7, 11) is 0. The molecule has 0 radical (unpaired) electrons. The van der Waals surface area contributed by atoms with Crippen LogP contribution in [0.3, 0.4) is 0 Å². The van der Waals surface area contributed by atoms with E-state index < -0.39 is 35.7 Å². The molecule has 0 aromatic carbocycles. The first-order valence-electron chi connectivity index (χ1n) is 4.89. The van der Waals surface area contributed by atoms with Crippen LogP contribution in [0, 0.1) is 11.3 Å². The summed E-state index contributed by atoms with van der Waals surface area (Å²) in [4.78, 5) is 21.9. The number of amides is 1. The molecule has 1 aromatic heterocycles. The van der Waals surface area contributed by atoms with Gasteiger partial charge in [0.25, 0.3) is 0 Å². The fraction of sp³-hybridized carbons (Fsp3) is 0.300. The van der Waals surface area contributed by atoms with Crippen LogP contribution in [0.2, 0.25) is 0 Å². The third kappa shape index (κ3) is 3.74. The van der Waals surface area contributed by atoms with Crippen LogP contribution in [-0.2, 0) is 17.5 Å². The van der Waals surface area contributed by atoms with Crippen molar-refractivity contribution in [1.29, 1.82) is 5.26 Å². The first-order valence-corrected chi connectivity index (χ1v) is 4.89. The maximum atomic E-state index is 12.5. The summed E-state index contributed by atoms with van der Waals surface area (Å²) in [5, 5.41) is 19.0. The lowest BCUT2D eigenvalue weighted by molar-refractivity contribution is -0.138. The first kappa shape index (κ1) is 14.6. The van der Waals surface area contributed by atoms with Crippen molar-refractivity contribution in [1.82, 2.24) is 9.88 Å². The zero-order valence-corrected chi connectivity index (χ0v) is 9.36. The van der Waals surface area contributed by atoms with E-state index in [0.29, 0.717) is 6.20 Å². The third-order valence-electron chi connectivity index (χ3n) is 2.11. The summed E-state index contributed by atoms with van der Waals surface area (Å²) in [5.41, 5.74) is -2.26. The number of aromatic carboxylic acids is 1. The van der Waals surface area contributed by atoms with Crippen molar-refractivity contribution in [2.45, 2.75) is 12.7 Å². The van der Waals surface area contributed by atoms with Crippen molar-refractivity contribution in [2.24, 2.45) is 0 Å². The van der Waals surface area contributed by atoms with Gasteiger partial charge in [-0.25, -0.2) is 4.79 Å². The Morgan fingerprint density at radius 1 is 1.42 bits per heavy atom. The van der Waals surface area contributed by atoms with Crippen LogP contribution in [0.1, 0.15) is 15.9 Å². The van der Waals surface area contributed by atoms with Gasteiger partial charge in [0.2, 0.25) is 5.91 Å². The maximum Gasteiger partial charge on any atom is 0.418 e. The average molecular weight is 275 g/mol. The van der Waals surface area contributed by atoms with Gasteiger partial charge in [0.05, 0.1) is 17.2 Å². The minimum Gasteiger partial charge on any atom is -0.478 e. The predicted molar refractivity (Wildman–Crippen MR) is 55.0 cm³/mol. The molecule has 1 amide bonds. The van der Waals surface area contributed by atoms with Gasteiger partial charge >= 0.3 is 12.1 Å². The highest BCUT2D eigenvalue weighted by molar-refractivity contribution is 5.89. The lowest BCUT2D eigenvalue weighted by Crippen LogP contribution is -2.27. The quantitative estimate of drug-likeness (QED) is 0.796. The Balaban J connectivity index is 2.97. The summed E-state index contributed by atoms with van der Waals surface area (Å²) in [5.74, 6) is -2.43. The van der Waals surface area contributed by atoms with E-state index in [1.807, 2.05) is 0 Å². The van der Waals surface area contributed by atoms with Crippen LogP contribution in [0.5, 0.6) is 0 Å². The number of hydrogen-bond acceptors (Lipinski definition) is 3. The number of nitrogens with zero attached hydrogens (tertiary/aromatic N) is 2. The summed E-state index contributed by atoms with van der Waals surface area (Å²) in [6.45, 7) is -0.782. The molecular weight excluding hydrogens is 267 g/mol. The van der Waals surface area contributed by atoms with Crippen LogP contribution in [0.4, 0.5) is 13.2 Å². The van der Waals surface area contributed by atoms with Gasteiger partial charge in [0.15, 0.2) is 0 Å². The SMILES string of the molecule is N#CCNC(=O)Cn1cc(C(=O)O)c(C(F)(F)F)c1. The van der Waals surface area contributed by atoms with Crippen molar-refractivity contribution < 1.29 is 27.9 Å². The zero-order chi connectivity index (χ0) is 14.6. The zero-order valence-electron chi connectivity index (χ0n) is 9.36. The van der Waals surface area contributed by atoms with E-state index in [-0.39, 0.29) is 6.54 Å². The molecule has 0 aliphatic heterocycles. The van der Waals surface area contributed by atoms with Crippen LogP contribution >= 0.6 is 0 Å². The molecule has 6 nitrogen and oxygen atoms in total. The molecule has 0 bridgehead atoms. The summed E-state index contributed by atoms with van der Waals surface area (Å²) in [6.07, 6.45) is -3.56. The predicted octanol–water partition coefficient (Wildman–Crippen LogP) is 0.845. The topological polar surface area (TPSA) is 95.1 Å². The molecule has 1 heterocycles. The molecule has 0 aliphatic carbocycles. The number of aromatic nitrogens is 1. The summed E-state index contributed by atoms with van der Waals surface area (Å²) >= 11 is 0. The monoisotopic (exact) mass is 275 g/mol. The highest BCUT2D eigenvalue weighted by Crippen LogP contribution is 2.32. The fourth-order valence-corrected chi connectivity index (χ4v) is 1.36. The molecule has 9 heteroatoms. The number of carboxylic acids is 1. The van der Waals surface area contributed by atoms with Gasteiger partial charge in [0.1, 0.15) is 13.1 Å². The van der Waals surface area contributed by atoms with Crippen LogP contribution in [0.15, 0.2) is 12.4 Å². The lowest BCUT2D eigenvalue weighted by Gasteiger charge is -2.04. The van der Waals surface area contributed by atoms with Crippen molar-refractivity contribution >= 4 is 11.9 Å². The van der Waals surface area contributed by atoms with Crippen molar-refractivity contribution in [2.75, 3.05) is 6.54 Å². The molecule has 1 rings (SSSR count). The van der Waals surface area contributed by atoms with Crippen molar-refractivity contribution in [3.8, 4) is 6.07 Å². The minimum absolute atomic E-state index is 0.280. The Morgan fingerprint density at radius 2 is 2.05 bits per heavy atom. The molecule has 0 aliphatic rings. The molecule has 1 aromatic rings. The normalized spacial score (nSPS) is 10.8. The number of carbonyl (C=O) groups is 2. The largest absolute Gasteiger partial charge is 0.478 e. The van der Waals surface area contributed by atoms with Gasteiger partial charge in [-0.2, -0.15) is 18.4 Å². The lowest BCUT2D eigenvalue weighted by atomic mass is 10.2. The number of rotatable bonds is 4. The third-order valence-corrected chi connectivity index (χ3v) is 2.11. The van der Waals surface area contributed by atoms with Crippen LogP contribution < -0.4 is 5.32 Å². The standard InChI is InChI=1S/C10H8F3N3O3/c11-10(12,13)7-4-16(3-6(7)9(18)19)5-8(17)15-2-1-14/h3-4H,2,5H2,(H,15,17)(H,18,19). The van der Waals surface area contributed by atoms with Gasteiger partial charge in [0, 0.05) is 12.4 Å². The summed E-state index contributed by atoms with van der Waals surface area (Å²) < 4.78 is 38.4. The number of alkyl halides is 3. The molecule has 2 N–H and O–H groups in total. The molecule has 102 valence electrons. The Hall–Kier alpha value is -2.50. The van der Waals surface area contributed by atoms with E-state index in [2.05, 4.69) is 5.32 Å². The van der Waals surface area contributed by atoms with E-state index in [1.165, 1.54) is 0 Å². The molecule has 0 saturated carbocycles. The number of nitriles is 1. The van der Waals surface area contributed by atoms with Crippen molar-refractivity contribution in [3.63, 3.8) is 0 Å². The smallest absolute Gasteiger partial charge is 0.418 e. The van der Waals surface area contributed by atoms with E-state index in [4.69, 9.17) is 10.4 Å². The van der Waals surface area contributed by atoms with Gasteiger partial charge in [-0.1, -0.05) is 0 Å². The van der Waals surface area contributed by atoms with Crippen LogP contribution in [0.25, 0.3) is 0 Å². The highest BCUT2D eigenvalue weighted by Gasteiger charge is 2.37. The summed E-state index contributed by atoms with van der Waals surface area (Å²) in [6, 6.07) is 1.63. The highest BCUT2D eigenvalue weighted by atomic mass is 19.4. The van der Waals surface area contributed by atoms with E-state index in [0.717, 1.165) is 10.8 Å². The van der Waals surface area contributed by atoms with E-state index in [1.54, 1.807) is 6.07 Å². The second-order valence-electron chi connectivity index (χ2n) is 3.50. The molecule has 0 spiro atoms. The second kappa shape index (κ2) is 5.43. The molecule has 0 fully saturated rings. The molecule has 0 unspecified atom stereocenters. The Morgan fingerprint density at radius 3 is 2.47 bits per heavy atom. The van der Waals surface area contributed by atoms with Gasteiger partial charge in [-0.3, -0.25) is 4.79 Å². The number of hydrogen-bond donors (Lipinski definition) is 2. The van der Waals surface area contributed by atoms with Gasteiger partial charge in [-0.05, 0) is 0 Å². The number of nitrogens with one attached hydrogen (secondary N) is 1. The number of halogens is 3. The van der Waals surface area contributed by atoms with E-state index >= 15 is 0 Å². The molecule has 0 saturated heterocycles. The Kier molecular flexibility index (Phi) is 4.16. The van der Waals surface area contributed by atoms with Gasteiger partial charge < -0.3 is 15.0 Å². The van der Waals surface area contributed by atoms with Gasteiger partial charge in [-0.15, -0.1) is 0 Å². The number of carbonyl (C=O) groups excluding carboxylic acids is 1. The maximum absolute atomic E-state index is 12.5. The Labute approximate surface area is 105 Å². The van der Waals surface area contributed by atoms with E-state index in [9.17, 15) is 22.8 Å². The Bertz CT molecular complexity index is 542. The second-order valence-corrected chi connectivity index (χ2v) is 3.50. The molecular formula is C10H8F3N3O3. The molecule has 0 atom stereocenters. The molecule has 19 heavy (non-hydrogen) atoms.